The van der Waals surface area contributed by atoms with Crippen LogP contribution in [0, 0.1) is 0 Å². The highest BCUT2D eigenvalue weighted by atomic mass is 35.5. The topological polar surface area (TPSA) is 85.0 Å². The van der Waals surface area contributed by atoms with Gasteiger partial charge in [0.2, 0.25) is 11.9 Å². The van der Waals surface area contributed by atoms with Gasteiger partial charge in [-0.3, -0.25) is 4.79 Å². The zero-order valence-electron chi connectivity index (χ0n) is 11.2. The van der Waals surface area contributed by atoms with Crippen LogP contribution in [0.15, 0.2) is 30.5 Å². The van der Waals surface area contributed by atoms with Crippen LogP contribution in [0.2, 0.25) is 5.02 Å². The van der Waals surface area contributed by atoms with Crippen molar-refractivity contribution in [1.82, 2.24) is 15.2 Å². The highest BCUT2D eigenvalue weighted by Crippen LogP contribution is 2.25. The summed E-state index contributed by atoms with van der Waals surface area (Å²) in [6, 6.07) is 6.99. The summed E-state index contributed by atoms with van der Waals surface area (Å²) in [6.07, 6.45) is 3.18. The number of hydrogen-bond acceptors (Lipinski definition) is 5. The molecule has 1 amide bonds. The van der Waals surface area contributed by atoms with Crippen LogP contribution >= 0.6 is 11.6 Å². The lowest BCUT2D eigenvalue weighted by atomic mass is 10.2. The third-order valence-electron chi connectivity index (χ3n) is 3.51. The third kappa shape index (κ3) is 2.80. The van der Waals surface area contributed by atoms with E-state index in [9.17, 15) is 4.79 Å². The number of halogens is 1. The summed E-state index contributed by atoms with van der Waals surface area (Å²) in [5.74, 6) is 0.0676. The zero-order chi connectivity index (χ0) is 14.8. The second kappa shape index (κ2) is 5.65. The second-order valence-corrected chi connectivity index (χ2v) is 5.34. The Morgan fingerprint density at radius 2 is 2.29 bits per heavy atom. The maximum absolute atomic E-state index is 11.5. The Hall–Kier alpha value is -2.21. The van der Waals surface area contributed by atoms with Crippen LogP contribution in [0.25, 0.3) is 11.3 Å². The molecule has 21 heavy (non-hydrogen) atoms. The first-order valence-electron chi connectivity index (χ1n) is 6.67. The van der Waals surface area contributed by atoms with Crippen LogP contribution in [0.5, 0.6) is 0 Å². The van der Waals surface area contributed by atoms with Crippen LogP contribution in [0.1, 0.15) is 12.8 Å². The van der Waals surface area contributed by atoms with E-state index in [1.54, 1.807) is 12.3 Å². The first-order chi connectivity index (χ1) is 10.1. The van der Waals surface area contributed by atoms with Crippen LogP contribution in [0.4, 0.5) is 5.95 Å². The Morgan fingerprint density at radius 3 is 3.05 bits per heavy atom. The van der Waals surface area contributed by atoms with E-state index in [4.69, 9.17) is 17.3 Å². The Morgan fingerprint density at radius 1 is 1.43 bits per heavy atom. The van der Waals surface area contributed by atoms with Gasteiger partial charge in [-0.1, -0.05) is 23.7 Å². The summed E-state index contributed by atoms with van der Waals surface area (Å²) in [5, 5.41) is 8.63. The molecule has 0 saturated carbocycles. The number of carbonyl (C=O) groups excluding carboxylic acids is 1. The monoisotopic (exact) mass is 303 g/mol. The van der Waals surface area contributed by atoms with Gasteiger partial charge in [0, 0.05) is 17.1 Å². The highest BCUT2D eigenvalue weighted by molar-refractivity contribution is 6.30. The number of anilines is 1. The van der Waals surface area contributed by atoms with E-state index < -0.39 is 0 Å². The number of carbonyl (C=O) groups is 1. The van der Waals surface area contributed by atoms with Crippen molar-refractivity contribution in [1.29, 1.82) is 0 Å². The number of amides is 1. The van der Waals surface area contributed by atoms with Crippen molar-refractivity contribution in [2.24, 2.45) is 5.73 Å². The summed E-state index contributed by atoms with van der Waals surface area (Å²) in [7, 11) is 0. The maximum Gasteiger partial charge on any atom is 0.246 e. The van der Waals surface area contributed by atoms with Gasteiger partial charge in [-0.15, -0.1) is 5.10 Å². The molecule has 2 N–H and O–H groups in total. The van der Waals surface area contributed by atoms with E-state index in [1.165, 1.54) is 0 Å². The van der Waals surface area contributed by atoms with Gasteiger partial charge in [0.1, 0.15) is 6.04 Å². The van der Waals surface area contributed by atoms with Gasteiger partial charge in [-0.2, -0.15) is 5.10 Å². The maximum atomic E-state index is 11.5. The molecule has 1 atom stereocenters. The molecule has 1 aromatic carbocycles. The number of primary amides is 1. The van der Waals surface area contributed by atoms with Gasteiger partial charge in [0.15, 0.2) is 0 Å². The van der Waals surface area contributed by atoms with E-state index >= 15 is 0 Å². The molecular formula is C14H14ClN5O. The van der Waals surface area contributed by atoms with Gasteiger partial charge in [0.05, 0.1) is 11.9 Å². The predicted octanol–water partition coefficient (Wildman–Crippen LogP) is 1.65. The Labute approximate surface area is 126 Å². The Bertz CT molecular complexity index is 678. The molecule has 0 spiro atoms. The molecule has 7 heteroatoms. The lowest BCUT2D eigenvalue weighted by Gasteiger charge is -2.21. The minimum atomic E-state index is -0.360. The number of nitrogens with zero attached hydrogens (tertiary/aromatic N) is 4. The average Bonchev–Trinajstić information content (AvgIpc) is 2.97. The number of aromatic nitrogens is 3. The summed E-state index contributed by atoms with van der Waals surface area (Å²) in [4.78, 5) is 17.8. The van der Waals surface area contributed by atoms with E-state index in [-0.39, 0.29) is 11.9 Å². The van der Waals surface area contributed by atoms with E-state index in [0.717, 1.165) is 18.4 Å². The normalized spacial score (nSPS) is 18.0. The summed E-state index contributed by atoms with van der Waals surface area (Å²) in [6.45, 7) is 0.703. The fourth-order valence-corrected chi connectivity index (χ4v) is 2.69. The molecule has 1 saturated heterocycles. The number of nitrogens with two attached hydrogens (primary N) is 1. The predicted molar refractivity (Wildman–Crippen MR) is 79.8 cm³/mol. The SMILES string of the molecule is NC(=O)[C@@H]1CCCN1c1nncc(-c2cccc(Cl)c2)n1. The first kappa shape index (κ1) is 13.8. The molecule has 1 aliphatic rings. The molecule has 3 rings (SSSR count). The molecule has 0 bridgehead atoms. The first-order valence-corrected chi connectivity index (χ1v) is 7.04. The Kier molecular flexibility index (Phi) is 3.70. The molecule has 108 valence electrons. The molecule has 1 aliphatic heterocycles. The smallest absolute Gasteiger partial charge is 0.246 e. The lowest BCUT2D eigenvalue weighted by Crippen LogP contribution is -2.41. The van der Waals surface area contributed by atoms with Crippen LogP contribution in [0.3, 0.4) is 0 Å². The quantitative estimate of drug-likeness (QED) is 0.932. The Balaban J connectivity index is 1.95. The molecule has 2 heterocycles. The molecule has 0 aliphatic carbocycles. The van der Waals surface area contributed by atoms with Crippen molar-refractivity contribution >= 4 is 23.5 Å². The molecule has 0 radical (unpaired) electrons. The average molecular weight is 304 g/mol. The minimum absolute atomic E-state index is 0.357. The number of rotatable bonds is 3. The van der Waals surface area contributed by atoms with Gasteiger partial charge in [-0.05, 0) is 25.0 Å². The van der Waals surface area contributed by atoms with Crippen molar-refractivity contribution in [2.45, 2.75) is 18.9 Å². The molecule has 2 aromatic rings. The van der Waals surface area contributed by atoms with E-state index in [1.807, 2.05) is 23.1 Å². The summed E-state index contributed by atoms with van der Waals surface area (Å²) >= 11 is 5.99. The van der Waals surface area contributed by atoms with Gasteiger partial charge >= 0.3 is 0 Å². The van der Waals surface area contributed by atoms with Crippen molar-refractivity contribution in [2.75, 3.05) is 11.4 Å². The van der Waals surface area contributed by atoms with E-state index in [0.29, 0.717) is 23.2 Å². The third-order valence-corrected chi connectivity index (χ3v) is 3.74. The van der Waals surface area contributed by atoms with Gasteiger partial charge in [0.25, 0.3) is 0 Å². The molecule has 0 unspecified atom stereocenters. The highest BCUT2D eigenvalue weighted by Gasteiger charge is 2.31. The number of benzene rings is 1. The van der Waals surface area contributed by atoms with Gasteiger partial charge < -0.3 is 10.6 Å². The largest absolute Gasteiger partial charge is 0.368 e. The van der Waals surface area contributed by atoms with Crippen molar-refractivity contribution < 1.29 is 4.79 Å². The van der Waals surface area contributed by atoms with Crippen LogP contribution in [-0.2, 0) is 4.79 Å². The van der Waals surface area contributed by atoms with Crippen molar-refractivity contribution in [3.63, 3.8) is 0 Å². The zero-order valence-corrected chi connectivity index (χ0v) is 12.0. The fourth-order valence-electron chi connectivity index (χ4n) is 2.50. The number of hydrogen-bond donors (Lipinski definition) is 1. The lowest BCUT2D eigenvalue weighted by molar-refractivity contribution is -0.119. The standard InChI is InChI=1S/C14H14ClN5O/c15-10-4-1-3-9(7-10)11-8-17-19-14(18-11)20-6-2-5-12(20)13(16)21/h1,3-4,7-8,12H,2,5-6H2,(H2,16,21)/t12-/m0/s1. The summed E-state index contributed by atoms with van der Waals surface area (Å²) in [5.41, 5.74) is 6.94. The van der Waals surface area contributed by atoms with Gasteiger partial charge in [-0.25, -0.2) is 4.98 Å². The van der Waals surface area contributed by atoms with E-state index in [2.05, 4.69) is 15.2 Å². The van der Waals surface area contributed by atoms with Crippen LogP contribution < -0.4 is 10.6 Å². The molecule has 6 nitrogen and oxygen atoms in total. The second-order valence-electron chi connectivity index (χ2n) is 4.91. The molecular weight excluding hydrogens is 290 g/mol. The van der Waals surface area contributed by atoms with Crippen molar-refractivity contribution in [3.8, 4) is 11.3 Å². The summed E-state index contributed by atoms with van der Waals surface area (Å²) < 4.78 is 0. The molecule has 1 fully saturated rings. The molecule has 1 aromatic heterocycles. The van der Waals surface area contributed by atoms with Crippen LogP contribution in [-0.4, -0.2) is 33.7 Å². The minimum Gasteiger partial charge on any atom is -0.368 e. The fraction of sp³-hybridized carbons (Fsp3) is 0.286. The van der Waals surface area contributed by atoms with Crippen molar-refractivity contribution in [3.05, 3.63) is 35.5 Å².